The van der Waals surface area contributed by atoms with Crippen LogP contribution in [0.15, 0.2) is 36.4 Å². The average molecular weight is 373 g/mol. The molecule has 136 valence electrons. The van der Waals surface area contributed by atoms with E-state index < -0.39 is 6.04 Å². The summed E-state index contributed by atoms with van der Waals surface area (Å²) in [6.45, 7) is 0. The second-order valence-corrected chi connectivity index (χ2v) is 8.05. The molecule has 2 bridgehead atoms. The van der Waals surface area contributed by atoms with Crippen LogP contribution in [0.4, 0.5) is 0 Å². The quantitative estimate of drug-likeness (QED) is 0.603. The SMILES string of the molecule is CN(C)C(=O)CC(c1cccc(Cl)c1)N1C(=O)C2C3C=CC(C3)C2C1=O. The van der Waals surface area contributed by atoms with E-state index >= 15 is 0 Å². The Morgan fingerprint density at radius 1 is 1.19 bits per heavy atom. The molecule has 1 aromatic carbocycles. The summed E-state index contributed by atoms with van der Waals surface area (Å²) in [5, 5.41) is 0.519. The van der Waals surface area contributed by atoms with Crippen LogP contribution in [0.3, 0.4) is 0 Å². The fraction of sp³-hybridized carbons (Fsp3) is 0.450. The molecule has 0 spiro atoms. The molecule has 1 saturated carbocycles. The topological polar surface area (TPSA) is 57.7 Å². The van der Waals surface area contributed by atoms with Crippen molar-refractivity contribution >= 4 is 29.3 Å². The Hall–Kier alpha value is -2.14. The molecule has 3 aliphatic rings. The van der Waals surface area contributed by atoms with E-state index in [4.69, 9.17) is 11.6 Å². The van der Waals surface area contributed by atoms with E-state index in [9.17, 15) is 14.4 Å². The number of benzene rings is 1. The Kier molecular flexibility index (Phi) is 4.14. The normalized spacial score (nSPS) is 30.0. The highest BCUT2D eigenvalue weighted by molar-refractivity contribution is 6.30. The number of likely N-dealkylation sites (tertiary alicyclic amines) is 1. The van der Waals surface area contributed by atoms with Crippen LogP contribution >= 0.6 is 11.6 Å². The summed E-state index contributed by atoms with van der Waals surface area (Å²) < 4.78 is 0. The molecule has 2 fully saturated rings. The van der Waals surface area contributed by atoms with Gasteiger partial charge in [0.25, 0.3) is 0 Å². The lowest BCUT2D eigenvalue weighted by atomic mass is 9.85. The molecule has 6 heteroatoms. The molecule has 5 nitrogen and oxygen atoms in total. The summed E-state index contributed by atoms with van der Waals surface area (Å²) in [5.41, 5.74) is 0.717. The first-order valence-electron chi connectivity index (χ1n) is 8.89. The van der Waals surface area contributed by atoms with E-state index in [1.165, 1.54) is 9.80 Å². The lowest BCUT2D eigenvalue weighted by Gasteiger charge is -2.29. The van der Waals surface area contributed by atoms with Crippen LogP contribution < -0.4 is 0 Å². The number of carbonyl (C=O) groups excluding carboxylic acids is 3. The van der Waals surface area contributed by atoms with E-state index in [0.717, 1.165) is 12.0 Å². The van der Waals surface area contributed by atoms with Crippen LogP contribution in [0.1, 0.15) is 24.4 Å². The third kappa shape index (κ3) is 2.57. The van der Waals surface area contributed by atoms with Crippen molar-refractivity contribution in [3.63, 3.8) is 0 Å². The van der Waals surface area contributed by atoms with E-state index in [0.29, 0.717) is 5.02 Å². The van der Waals surface area contributed by atoms with Crippen molar-refractivity contribution < 1.29 is 14.4 Å². The third-order valence-corrected chi connectivity index (χ3v) is 6.15. The maximum Gasteiger partial charge on any atom is 0.234 e. The van der Waals surface area contributed by atoms with Crippen molar-refractivity contribution in [2.24, 2.45) is 23.7 Å². The monoisotopic (exact) mass is 372 g/mol. The van der Waals surface area contributed by atoms with Gasteiger partial charge in [0, 0.05) is 19.1 Å². The Morgan fingerprint density at radius 2 is 1.81 bits per heavy atom. The van der Waals surface area contributed by atoms with Gasteiger partial charge in [-0.2, -0.15) is 0 Å². The molecule has 1 heterocycles. The zero-order chi connectivity index (χ0) is 18.6. The first-order chi connectivity index (χ1) is 12.4. The Labute approximate surface area is 157 Å². The van der Waals surface area contributed by atoms with Crippen molar-refractivity contribution in [1.29, 1.82) is 0 Å². The number of amides is 3. The fourth-order valence-corrected chi connectivity index (χ4v) is 4.85. The van der Waals surface area contributed by atoms with E-state index in [1.807, 2.05) is 6.07 Å². The number of carbonyl (C=O) groups is 3. The van der Waals surface area contributed by atoms with Gasteiger partial charge in [-0.3, -0.25) is 19.3 Å². The lowest BCUT2D eigenvalue weighted by Crippen LogP contribution is -2.39. The number of imide groups is 1. The Morgan fingerprint density at radius 3 is 2.35 bits per heavy atom. The van der Waals surface area contributed by atoms with Crippen molar-refractivity contribution in [2.45, 2.75) is 18.9 Å². The van der Waals surface area contributed by atoms with E-state index in [-0.39, 0.29) is 47.8 Å². The largest absolute Gasteiger partial charge is 0.349 e. The molecule has 4 rings (SSSR count). The zero-order valence-electron chi connectivity index (χ0n) is 14.8. The van der Waals surface area contributed by atoms with Crippen molar-refractivity contribution in [2.75, 3.05) is 14.1 Å². The minimum absolute atomic E-state index is 0.0625. The van der Waals surface area contributed by atoms with Gasteiger partial charge in [-0.05, 0) is 36.0 Å². The zero-order valence-corrected chi connectivity index (χ0v) is 15.5. The molecule has 5 unspecified atom stereocenters. The molecule has 1 aliphatic heterocycles. The van der Waals surface area contributed by atoms with Crippen LogP contribution in [-0.4, -0.2) is 41.6 Å². The molecular formula is C20H21ClN2O3. The van der Waals surface area contributed by atoms with Crippen LogP contribution in [0, 0.1) is 23.7 Å². The van der Waals surface area contributed by atoms with Gasteiger partial charge in [0.15, 0.2) is 0 Å². The van der Waals surface area contributed by atoms with Crippen LogP contribution in [0.2, 0.25) is 5.02 Å². The third-order valence-electron chi connectivity index (χ3n) is 5.92. The molecule has 0 N–H and O–H groups in total. The van der Waals surface area contributed by atoms with Gasteiger partial charge in [-0.15, -0.1) is 0 Å². The number of fused-ring (bicyclic) bond motifs is 5. The minimum Gasteiger partial charge on any atom is -0.349 e. The fourth-order valence-electron chi connectivity index (χ4n) is 4.65. The summed E-state index contributed by atoms with van der Waals surface area (Å²) in [6, 6.07) is 6.45. The molecule has 0 radical (unpaired) electrons. The second kappa shape index (κ2) is 6.23. The lowest BCUT2D eigenvalue weighted by molar-refractivity contribution is -0.145. The molecule has 1 saturated heterocycles. The van der Waals surface area contributed by atoms with Gasteiger partial charge in [-0.1, -0.05) is 35.9 Å². The standard InChI is InChI=1S/C20H21ClN2O3/c1-22(2)16(24)10-15(11-4-3-5-14(21)9-11)23-19(25)17-12-6-7-13(8-12)18(17)20(23)26/h3-7,9,12-13,15,17-18H,8,10H2,1-2H3. The highest BCUT2D eigenvalue weighted by Crippen LogP contribution is 2.54. The van der Waals surface area contributed by atoms with Gasteiger partial charge in [0.1, 0.15) is 0 Å². The van der Waals surface area contributed by atoms with Crippen molar-refractivity contribution in [3.05, 3.63) is 47.0 Å². The highest BCUT2D eigenvalue weighted by atomic mass is 35.5. The summed E-state index contributed by atoms with van der Waals surface area (Å²) in [5.74, 6) is -0.662. The summed E-state index contributed by atoms with van der Waals surface area (Å²) in [4.78, 5) is 41.5. The Bertz CT molecular complexity index is 789. The average Bonchev–Trinajstić information content (AvgIpc) is 3.27. The van der Waals surface area contributed by atoms with Gasteiger partial charge < -0.3 is 4.90 Å². The highest BCUT2D eigenvalue weighted by Gasteiger charge is 2.60. The predicted molar refractivity (Wildman–Crippen MR) is 97.1 cm³/mol. The predicted octanol–water partition coefficient (Wildman–Crippen LogP) is 2.67. The summed E-state index contributed by atoms with van der Waals surface area (Å²) in [7, 11) is 3.34. The van der Waals surface area contributed by atoms with Gasteiger partial charge in [0.2, 0.25) is 17.7 Å². The second-order valence-electron chi connectivity index (χ2n) is 7.61. The van der Waals surface area contributed by atoms with Crippen LogP contribution in [-0.2, 0) is 14.4 Å². The van der Waals surface area contributed by atoms with Gasteiger partial charge in [0.05, 0.1) is 24.3 Å². The van der Waals surface area contributed by atoms with Gasteiger partial charge in [-0.25, -0.2) is 0 Å². The number of hydrogen-bond donors (Lipinski definition) is 0. The molecular weight excluding hydrogens is 352 g/mol. The summed E-state index contributed by atoms with van der Waals surface area (Å²) in [6.07, 6.45) is 5.09. The van der Waals surface area contributed by atoms with Crippen LogP contribution in [0.25, 0.3) is 0 Å². The van der Waals surface area contributed by atoms with Crippen molar-refractivity contribution in [1.82, 2.24) is 9.80 Å². The number of rotatable bonds is 4. The first-order valence-corrected chi connectivity index (χ1v) is 9.27. The van der Waals surface area contributed by atoms with E-state index in [2.05, 4.69) is 12.2 Å². The number of allylic oxidation sites excluding steroid dienone is 2. The van der Waals surface area contributed by atoms with Gasteiger partial charge >= 0.3 is 0 Å². The first kappa shape index (κ1) is 17.3. The summed E-state index contributed by atoms with van der Waals surface area (Å²) >= 11 is 6.13. The van der Waals surface area contributed by atoms with E-state index in [1.54, 1.807) is 32.3 Å². The number of nitrogens with zero attached hydrogens (tertiary/aromatic N) is 2. The van der Waals surface area contributed by atoms with Crippen LogP contribution in [0.5, 0.6) is 0 Å². The molecule has 3 amide bonds. The molecule has 1 aromatic rings. The number of hydrogen-bond acceptors (Lipinski definition) is 3. The van der Waals surface area contributed by atoms with Crippen molar-refractivity contribution in [3.8, 4) is 0 Å². The Balaban J connectivity index is 1.71. The molecule has 0 aromatic heterocycles. The smallest absolute Gasteiger partial charge is 0.234 e. The molecule has 5 atom stereocenters. The maximum atomic E-state index is 13.2. The molecule has 26 heavy (non-hydrogen) atoms. The maximum absolute atomic E-state index is 13.2. The number of halogens is 1. The minimum atomic E-state index is -0.617. The molecule has 2 aliphatic carbocycles.